The second-order valence-corrected chi connectivity index (χ2v) is 6.93. The summed E-state index contributed by atoms with van der Waals surface area (Å²) in [7, 11) is 0. The predicted octanol–water partition coefficient (Wildman–Crippen LogP) is 5.96. The average molecular weight is 369 g/mol. The van der Waals surface area contributed by atoms with Crippen LogP contribution in [0.5, 0.6) is 0 Å². The van der Waals surface area contributed by atoms with E-state index in [9.17, 15) is 0 Å². The number of fused-ring (bicyclic) bond motifs is 1. The summed E-state index contributed by atoms with van der Waals surface area (Å²) in [6.07, 6.45) is 4.02. The van der Waals surface area contributed by atoms with Crippen LogP contribution in [0, 0.1) is 0 Å². The Morgan fingerprint density at radius 1 is 1.00 bits per heavy atom. The average Bonchev–Trinajstić information content (AvgIpc) is 3.11. The van der Waals surface area contributed by atoms with Crippen LogP contribution in [0.1, 0.15) is 11.1 Å². The van der Waals surface area contributed by atoms with Crippen LogP contribution in [0.4, 0.5) is 0 Å². The van der Waals surface area contributed by atoms with Gasteiger partial charge >= 0.3 is 0 Å². The second-order valence-electron chi connectivity index (χ2n) is 6.07. The number of benzene rings is 2. The molecule has 0 bridgehead atoms. The van der Waals surface area contributed by atoms with E-state index in [1.54, 1.807) is 11.8 Å². The fraction of sp³-hybridized carbons (Fsp3) is 0.0435. The molecule has 0 radical (unpaired) electrons. The number of pyridine rings is 1. The second kappa shape index (κ2) is 8.06. The lowest BCUT2D eigenvalue weighted by atomic mass is 10.2. The molecule has 27 heavy (non-hydrogen) atoms. The van der Waals surface area contributed by atoms with Crippen molar-refractivity contribution in [1.29, 1.82) is 0 Å². The van der Waals surface area contributed by atoms with Gasteiger partial charge in [0, 0.05) is 34.8 Å². The minimum Gasteiger partial charge on any atom is -0.301 e. The first-order valence-corrected chi connectivity index (χ1v) is 9.76. The van der Waals surface area contributed by atoms with Crippen molar-refractivity contribution >= 4 is 35.2 Å². The standard InChI is InChI=1S/C23H19N3S/c1-24-22(18-9-4-2-5-10-18)17-27-16-19-15-26(20-11-6-3-7-12-20)23-21(19)13-8-14-25-23/h2-15,17H,1,16H2/b22-17-. The molecule has 0 saturated carbocycles. The van der Waals surface area contributed by atoms with E-state index in [-0.39, 0.29) is 0 Å². The van der Waals surface area contributed by atoms with Crippen molar-refractivity contribution in [3.8, 4) is 5.69 Å². The van der Waals surface area contributed by atoms with Gasteiger partial charge in [0.05, 0.1) is 5.70 Å². The van der Waals surface area contributed by atoms with Crippen LogP contribution in [-0.2, 0) is 5.75 Å². The van der Waals surface area contributed by atoms with E-state index >= 15 is 0 Å². The third kappa shape index (κ3) is 3.71. The van der Waals surface area contributed by atoms with Crippen molar-refractivity contribution in [2.75, 3.05) is 0 Å². The topological polar surface area (TPSA) is 30.2 Å². The quantitative estimate of drug-likeness (QED) is 0.393. The van der Waals surface area contributed by atoms with Crippen LogP contribution in [-0.4, -0.2) is 16.3 Å². The molecule has 132 valence electrons. The summed E-state index contributed by atoms with van der Waals surface area (Å²) < 4.78 is 2.15. The Bertz CT molecular complexity index is 1080. The lowest BCUT2D eigenvalue weighted by Gasteiger charge is -2.03. The first-order valence-electron chi connectivity index (χ1n) is 8.71. The minimum absolute atomic E-state index is 0.841. The van der Waals surface area contributed by atoms with Gasteiger partial charge in [-0.05, 0) is 42.0 Å². The van der Waals surface area contributed by atoms with Crippen molar-refractivity contribution < 1.29 is 0 Å². The molecule has 0 atom stereocenters. The largest absolute Gasteiger partial charge is 0.301 e. The molecule has 4 aromatic rings. The van der Waals surface area contributed by atoms with Crippen molar-refractivity contribution in [1.82, 2.24) is 9.55 Å². The summed E-state index contributed by atoms with van der Waals surface area (Å²) in [6, 6.07) is 24.6. The molecule has 2 aromatic heterocycles. The van der Waals surface area contributed by atoms with Gasteiger partial charge in [0.2, 0.25) is 0 Å². The zero-order valence-corrected chi connectivity index (χ0v) is 15.6. The van der Waals surface area contributed by atoms with Crippen molar-refractivity contribution in [3.63, 3.8) is 0 Å². The molecular weight excluding hydrogens is 350 g/mol. The maximum Gasteiger partial charge on any atom is 0.144 e. The molecule has 2 heterocycles. The highest BCUT2D eigenvalue weighted by Gasteiger charge is 2.10. The third-order valence-electron chi connectivity index (χ3n) is 4.35. The smallest absolute Gasteiger partial charge is 0.144 e. The van der Waals surface area contributed by atoms with Crippen LogP contribution in [0.2, 0.25) is 0 Å². The third-order valence-corrected chi connectivity index (χ3v) is 5.22. The SMILES string of the molecule is C=N/C(=C\SCc1cn(-c2ccccc2)c2ncccc12)c1ccccc1. The van der Waals surface area contributed by atoms with Gasteiger partial charge in [-0.3, -0.25) is 4.99 Å². The molecule has 0 aliphatic rings. The van der Waals surface area contributed by atoms with E-state index in [0.29, 0.717) is 0 Å². The molecule has 0 fully saturated rings. The summed E-state index contributed by atoms with van der Waals surface area (Å²) in [5.74, 6) is 0.841. The fourth-order valence-corrected chi connectivity index (χ4v) is 3.90. The zero-order chi connectivity index (χ0) is 18.5. The monoisotopic (exact) mass is 369 g/mol. The lowest BCUT2D eigenvalue weighted by Crippen LogP contribution is -1.92. The van der Waals surface area contributed by atoms with Crippen LogP contribution >= 0.6 is 11.8 Å². The molecule has 0 unspecified atom stereocenters. The van der Waals surface area contributed by atoms with Gasteiger partial charge in [-0.25, -0.2) is 4.98 Å². The maximum absolute atomic E-state index is 4.59. The van der Waals surface area contributed by atoms with E-state index in [0.717, 1.165) is 28.3 Å². The Kier molecular flexibility index (Phi) is 5.17. The van der Waals surface area contributed by atoms with Crippen LogP contribution in [0.25, 0.3) is 22.4 Å². The number of thioether (sulfide) groups is 1. The van der Waals surface area contributed by atoms with Gasteiger partial charge < -0.3 is 4.57 Å². The number of nitrogens with zero attached hydrogens (tertiary/aromatic N) is 3. The molecule has 0 saturated heterocycles. The van der Waals surface area contributed by atoms with Gasteiger partial charge in [-0.2, -0.15) is 0 Å². The number of hydrogen-bond donors (Lipinski definition) is 0. The lowest BCUT2D eigenvalue weighted by molar-refractivity contribution is 1.08. The summed E-state index contributed by atoms with van der Waals surface area (Å²) in [4.78, 5) is 8.77. The summed E-state index contributed by atoms with van der Waals surface area (Å²) >= 11 is 1.72. The molecule has 0 N–H and O–H groups in total. The summed E-state index contributed by atoms with van der Waals surface area (Å²) in [5.41, 5.74) is 5.32. The Hall–Kier alpha value is -3.11. The number of aromatic nitrogens is 2. The molecule has 0 aliphatic carbocycles. The minimum atomic E-state index is 0.841. The van der Waals surface area contributed by atoms with Gasteiger partial charge in [-0.1, -0.05) is 48.5 Å². The summed E-state index contributed by atoms with van der Waals surface area (Å²) in [5, 5.41) is 3.25. The van der Waals surface area contributed by atoms with Crippen LogP contribution < -0.4 is 0 Å². The Morgan fingerprint density at radius 2 is 1.74 bits per heavy atom. The molecule has 4 heteroatoms. The van der Waals surface area contributed by atoms with E-state index in [2.05, 4.69) is 51.1 Å². The number of hydrogen-bond acceptors (Lipinski definition) is 3. The van der Waals surface area contributed by atoms with E-state index in [1.165, 1.54) is 10.9 Å². The molecular formula is C23H19N3S. The van der Waals surface area contributed by atoms with Crippen molar-refractivity contribution in [3.05, 3.63) is 102 Å². The van der Waals surface area contributed by atoms with Crippen LogP contribution in [0.15, 0.2) is 95.6 Å². The van der Waals surface area contributed by atoms with Gasteiger partial charge in [0.25, 0.3) is 0 Å². The van der Waals surface area contributed by atoms with E-state index in [1.807, 2.05) is 60.8 Å². The Labute approximate surface area is 163 Å². The molecule has 0 aliphatic heterocycles. The van der Waals surface area contributed by atoms with Gasteiger partial charge in [0.15, 0.2) is 0 Å². The highest BCUT2D eigenvalue weighted by molar-refractivity contribution is 8.01. The van der Waals surface area contributed by atoms with Crippen molar-refractivity contribution in [2.45, 2.75) is 5.75 Å². The number of aliphatic imine (C=N–C) groups is 1. The summed E-state index contributed by atoms with van der Waals surface area (Å²) in [6.45, 7) is 3.71. The van der Waals surface area contributed by atoms with E-state index in [4.69, 9.17) is 0 Å². The predicted molar refractivity (Wildman–Crippen MR) is 116 cm³/mol. The molecule has 2 aromatic carbocycles. The van der Waals surface area contributed by atoms with E-state index < -0.39 is 0 Å². The molecule has 0 amide bonds. The van der Waals surface area contributed by atoms with Crippen molar-refractivity contribution in [2.24, 2.45) is 4.99 Å². The molecule has 4 rings (SSSR count). The highest BCUT2D eigenvalue weighted by Crippen LogP contribution is 2.28. The zero-order valence-electron chi connectivity index (χ0n) is 14.8. The Morgan fingerprint density at radius 3 is 2.48 bits per heavy atom. The Balaban J connectivity index is 1.63. The normalized spacial score (nSPS) is 11.6. The highest BCUT2D eigenvalue weighted by atomic mass is 32.2. The fourth-order valence-electron chi connectivity index (χ4n) is 3.04. The molecule has 3 nitrogen and oxygen atoms in total. The first-order chi connectivity index (χ1) is 13.4. The molecule has 0 spiro atoms. The van der Waals surface area contributed by atoms with Gasteiger partial charge in [0.1, 0.15) is 5.65 Å². The van der Waals surface area contributed by atoms with Crippen LogP contribution in [0.3, 0.4) is 0 Å². The maximum atomic E-state index is 4.59. The first kappa shape index (κ1) is 17.3. The number of para-hydroxylation sites is 1. The number of rotatable bonds is 6. The van der Waals surface area contributed by atoms with Gasteiger partial charge in [-0.15, -0.1) is 11.8 Å².